The summed E-state index contributed by atoms with van der Waals surface area (Å²) in [5.74, 6) is 0.343. The fourth-order valence-corrected chi connectivity index (χ4v) is 3.35. The molecule has 1 aliphatic rings. The molecule has 0 unspecified atom stereocenters. The number of pyridine rings is 1. The number of aromatic nitrogens is 1. The molecule has 4 heteroatoms. The van der Waals surface area contributed by atoms with E-state index < -0.39 is 0 Å². The summed E-state index contributed by atoms with van der Waals surface area (Å²) in [5.41, 5.74) is 1.04. The first-order chi connectivity index (χ1) is 10.2. The Kier molecular flexibility index (Phi) is 4.11. The molecule has 2 aromatic rings. The van der Waals surface area contributed by atoms with E-state index >= 15 is 0 Å². The summed E-state index contributed by atoms with van der Waals surface area (Å²) in [5, 5.41) is 4.17. The molecular formula is C17H19ClN2O. The van der Waals surface area contributed by atoms with E-state index in [4.69, 9.17) is 11.6 Å². The predicted octanol–water partition coefficient (Wildman–Crippen LogP) is 3.91. The van der Waals surface area contributed by atoms with Gasteiger partial charge in [0.2, 0.25) is 0 Å². The summed E-state index contributed by atoms with van der Waals surface area (Å²) in [6.07, 6.45) is 5.38. The minimum absolute atomic E-state index is 0.122. The third-order valence-corrected chi connectivity index (χ3v) is 4.79. The molecule has 1 heterocycles. The Morgan fingerprint density at radius 3 is 2.67 bits per heavy atom. The standard InChI is InChI=1S/C17H19ClN2O/c18-12-17(10-4-1-5-11-17)20-16(21)15-9-8-13-6-2-3-7-14(13)19-15/h2-3,6-9H,1,4-5,10-12H2,(H,20,21). The molecule has 0 atom stereocenters. The van der Waals surface area contributed by atoms with E-state index in [0.717, 1.165) is 36.6 Å². The molecule has 1 amide bonds. The first-order valence-corrected chi connectivity index (χ1v) is 8.00. The zero-order valence-corrected chi connectivity index (χ0v) is 12.7. The van der Waals surface area contributed by atoms with Crippen molar-refractivity contribution in [3.63, 3.8) is 0 Å². The summed E-state index contributed by atoms with van der Waals surface area (Å²) < 4.78 is 0. The van der Waals surface area contributed by atoms with E-state index in [-0.39, 0.29) is 11.4 Å². The number of fused-ring (bicyclic) bond motifs is 1. The number of nitrogens with one attached hydrogen (secondary N) is 1. The van der Waals surface area contributed by atoms with E-state index in [2.05, 4.69) is 10.3 Å². The van der Waals surface area contributed by atoms with Crippen molar-refractivity contribution in [3.8, 4) is 0 Å². The highest BCUT2D eigenvalue weighted by atomic mass is 35.5. The number of halogens is 1. The van der Waals surface area contributed by atoms with Crippen molar-refractivity contribution in [2.45, 2.75) is 37.6 Å². The highest BCUT2D eigenvalue weighted by Gasteiger charge is 2.33. The Bertz CT molecular complexity index is 650. The van der Waals surface area contributed by atoms with Gasteiger partial charge in [0.05, 0.1) is 11.1 Å². The largest absolute Gasteiger partial charge is 0.344 e. The van der Waals surface area contributed by atoms with Crippen molar-refractivity contribution in [2.75, 3.05) is 5.88 Å². The van der Waals surface area contributed by atoms with Crippen molar-refractivity contribution >= 4 is 28.4 Å². The molecule has 0 radical (unpaired) electrons. The summed E-state index contributed by atoms with van der Waals surface area (Å²) in [7, 11) is 0. The molecular weight excluding hydrogens is 284 g/mol. The number of hydrogen-bond acceptors (Lipinski definition) is 2. The minimum atomic E-state index is -0.260. The van der Waals surface area contributed by atoms with E-state index in [0.29, 0.717) is 11.6 Å². The Balaban J connectivity index is 1.82. The second-order valence-corrected chi connectivity index (χ2v) is 6.09. The number of alkyl halides is 1. The number of carbonyl (C=O) groups excluding carboxylic acids is 1. The van der Waals surface area contributed by atoms with Crippen LogP contribution in [0, 0.1) is 0 Å². The van der Waals surface area contributed by atoms with Gasteiger partial charge in [0, 0.05) is 11.3 Å². The van der Waals surface area contributed by atoms with Crippen LogP contribution in [0.2, 0.25) is 0 Å². The van der Waals surface area contributed by atoms with Gasteiger partial charge in [-0.15, -0.1) is 11.6 Å². The Hall–Kier alpha value is -1.61. The quantitative estimate of drug-likeness (QED) is 0.874. The topological polar surface area (TPSA) is 42.0 Å². The first kappa shape index (κ1) is 14.3. The monoisotopic (exact) mass is 302 g/mol. The first-order valence-electron chi connectivity index (χ1n) is 7.47. The number of para-hydroxylation sites is 1. The summed E-state index contributed by atoms with van der Waals surface area (Å²) in [6, 6.07) is 11.5. The van der Waals surface area contributed by atoms with Gasteiger partial charge in [-0.05, 0) is 25.0 Å². The Labute approximate surface area is 129 Å². The van der Waals surface area contributed by atoms with Crippen molar-refractivity contribution in [1.29, 1.82) is 0 Å². The van der Waals surface area contributed by atoms with Crippen LogP contribution in [0.15, 0.2) is 36.4 Å². The second-order valence-electron chi connectivity index (χ2n) is 5.82. The zero-order chi connectivity index (χ0) is 14.7. The van der Waals surface area contributed by atoms with Crippen LogP contribution in [0.5, 0.6) is 0 Å². The minimum Gasteiger partial charge on any atom is -0.344 e. The molecule has 3 nitrogen and oxygen atoms in total. The fraction of sp³-hybridized carbons (Fsp3) is 0.412. The van der Waals surface area contributed by atoms with Gasteiger partial charge in [0.25, 0.3) is 5.91 Å². The smallest absolute Gasteiger partial charge is 0.270 e. The highest BCUT2D eigenvalue weighted by molar-refractivity contribution is 6.19. The van der Waals surface area contributed by atoms with Crippen LogP contribution in [-0.2, 0) is 0 Å². The molecule has 0 aliphatic heterocycles. The lowest BCUT2D eigenvalue weighted by Gasteiger charge is -2.36. The molecule has 1 aromatic heterocycles. The van der Waals surface area contributed by atoms with Crippen LogP contribution in [0.4, 0.5) is 0 Å². The van der Waals surface area contributed by atoms with Crippen molar-refractivity contribution in [2.24, 2.45) is 0 Å². The molecule has 0 bridgehead atoms. The van der Waals surface area contributed by atoms with E-state index in [1.165, 1.54) is 6.42 Å². The third-order valence-electron chi connectivity index (χ3n) is 4.28. The summed E-state index contributed by atoms with van der Waals surface area (Å²) in [6.45, 7) is 0. The van der Waals surface area contributed by atoms with Gasteiger partial charge in [-0.1, -0.05) is 43.5 Å². The molecule has 1 N–H and O–H groups in total. The van der Waals surface area contributed by atoms with Gasteiger partial charge in [0.1, 0.15) is 5.69 Å². The van der Waals surface area contributed by atoms with Crippen molar-refractivity contribution < 1.29 is 4.79 Å². The number of nitrogens with zero attached hydrogens (tertiary/aromatic N) is 1. The summed E-state index contributed by atoms with van der Waals surface area (Å²) >= 11 is 6.13. The van der Waals surface area contributed by atoms with Crippen LogP contribution < -0.4 is 5.32 Å². The zero-order valence-electron chi connectivity index (χ0n) is 11.9. The lowest BCUT2D eigenvalue weighted by atomic mass is 9.83. The number of benzene rings is 1. The molecule has 1 fully saturated rings. The molecule has 0 spiro atoms. The third kappa shape index (κ3) is 3.03. The summed E-state index contributed by atoms with van der Waals surface area (Å²) in [4.78, 5) is 16.9. The van der Waals surface area contributed by atoms with Crippen LogP contribution in [0.1, 0.15) is 42.6 Å². The molecule has 1 saturated carbocycles. The average molecular weight is 303 g/mol. The number of amides is 1. The van der Waals surface area contributed by atoms with Crippen LogP contribution in [0.3, 0.4) is 0 Å². The van der Waals surface area contributed by atoms with Gasteiger partial charge in [-0.25, -0.2) is 4.98 Å². The Morgan fingerprint density at radius 1 is 1.14 bits per heavy atom. The maximum Gasteiger partial charge on any atom is 0.270 e. The maximum absolute atomic E-state index is 12.5. The predicted molar refractivity (Wildman–Crippen MR) is 85.7 cm³/mol. The fourth-order valence-electron chi connectivity index (χ4n) is 3.02. The second kappa shape index (κ2) is 6.02. The number of carbonyl (C=O) groups is 1. The van der Waals surface area contributed by atoms with Gasteiger partial charge in [-0.2, -0.15) is 0 Å². The van der Waals surface area contributed by atoms with Gasteiger partial charge >= 0.3 is 0 Å². The molecule has 3 rings (SSSR count). The Morgan fingerprint density at radius 2 is 1.90 bits per heavy atom. The lowest BCUT2D eigenvalue weighted by molar-refractivity contribution is 0.0880. The van der Waals surface area contributed by atoms with Gasteiger partial charge < -0.3 is 5.32 Å². The molecule has 0 saturated heterocycles. The van der Waals surface area contributed by atoms with Crippen LogP contribution in [-0.4, -0.2) is 22.3 Å². The number of rotatable bonds is 3. The van der Waals surface area contributed by atoms with E-state index in [9.17, 15) is 4.79 Å². The normalized spacial score (nSPS) is 17.6. The molecule has 110 valence electrons. The molecule has 1 aromatic carbocycles. The van der Waals surface area contributed by atoms with Gasteiger partial charge in [-0.3, -0.25) is 4.79 Å². The SMILES string of the molecule is O=C(NC1(CCl)CCCCC1)c1ccc2ccccc2n1. The van der Waals surface area contributed by atoms with Crippen molar-refractivity contribution in [1.82, 2.24) is 10.3 Å². The maximum atomic E-state index is 12.5. The lowest BCUT2D eigenvalue weighted by Crippen LogP contribution is -2.51. The van der Waals surface area contributed by atoms with E-state index in [1.807, 2.05) is 30.3 Å². The average Bonchev–Trinajstić information content (AvgIpc) is 2.55. The van der Waals surface area contributed by atoms with Gasteiger partial charge in [0.15, 0.2) is 0 Å². The molecule has 21 heavy (non-hydrogen) atoms. The van der Waals surface area contributed by atoms with Crippen LogP contribution in [0.25, 0.3) is 10.9 Å². The van der Waals surface area contributed by atoms with Crippen molar-refractivity contribution in [3.05, 3.63) is 42.1 Å². The molecule has 1 aliphatic carbocycles. The van der Waals surface area contributed by atoms with E-state index in [1.54, 1.807) is 6.07 Å². The number of hydrogen-bond donors (Lipinski definition) is 1. The highest BCUT2D eigenvalue weighted by Crippen LogP contribution is 2.29. The van der Waals surface area contributed by atoms with Crippen LogP contribution >= 0.6 is 11.6 Å².